The summed E-state index contributed by atoms with van der Waals surface area (Å²) in [7, 11) is 0. The number of anilines is 1. The van der Waals surface area contributed by atoms with Crippen molar-refractivity contribution in [1.29, 1.82) is 0 Å². The molecule has 0 heterocycles. The second-order valence-electron chi connectivity index (χ2n) is 2.96. The van der Waals surface area contributed by atoms with E-state index in [-0.39, 0.29) is 11.4 Å². The third-order valence-corrected chi connectivity index (χ3v) is 1.93. The number of alkyl halides is 3. The fourth-order valence-electron chi connectivity index (χ4n) is 1.32. The van der Waals surface area contributed by atoms with Gasteiger partial charge < -0.3 is 19.3 Å². The summed E-state index contributed by atoms with van der Waals surface area (Å²) in [6, 6.07) is 2.26. The van der Waals surface area contributed by atoms with E-state index >= 15 is 0 Å². The van der Waals surface area contributed by atoms with Gasteiger partial charge in [0, 0.05) is 0 Å². The summed E-state index contributed by atoms with van der Waals surface area (Å²) in [6.45, 7) is -3.87. The average Bonchev–Trinajstić information content (AvgIpc) is 2.36. The molecule has 0 fully saturated rings. The maximum absolute atomic E-state index is 12.3. The number of benzene rings is 1. The molecule has 0 radical (unpaired) electrons. The average molecular weight is 281 g/mol. The van der Waals surface area contributed by atoms with Crippen LogP contribution in [-0.2, 0) is 0 Å². The molecule has 1 aromatic rings. The van der Waals surface area contributed by atoms with Gasteiger partial charge in [-0.05, 0) is 12.1 Å². The molecule has 6 nitrogen and oxygen atoms in total. The van der Waals surface area contributed by atoms with Crippen molar-refractivity contribution < 1.29 is 37.3 Å². The van der Waals surface area contributed by atoms with Gasteiger partial charge in [-0.2, -0.15) is 0 Å². The van der Waals surface area contributed by atoms with Gasteiger partial charge in [0.2, 0.25) is 26.3 Å². The minimum absolute atomic E-state index is 0.195. The largest absolute Gasteiger partial charge is 0.465 e. The molecule has 0 saturated heterocycles. The third-order valence-electron chi connectivity index (χ3n) is 1.93. The molecule has 0 atom stereocenters. The van der Waals surface area contributed by atoms with Gasteiger partial charge in [0.1, 0.15) is 0 Å². The first kappa shape index (κ1) is 14.7. The zero-order valence-electron chi connectivity index (χ0n) is 9.49. The van der Waals surface area contributed by atoms with E-state index in [1.165, 1.54) is 0 Å². The lowest BCUT2D eigenvalue weighted by molar-refractivity contribution is 0.140. The van der Waals surface area contributed by atoms with Crippen LogP contribution in [0.3, 0.4) is 0 Å². The van der Waals surface area contributed by atoms with Crippen LogP contribution < -0.4 is 19.5 Å². The smallest absolute Gasteiger partial charge is 0.409 e. The maximum Gasteiger partial charge on any atom is 0.409 e. The minimum Gasteiger partial charge on any atom is -0.465 e. The fourth-order valence-corrected chi connectivity index (χ4v) is 1.32. The number of carbonyl (C=O) groups is 1. The van der Waals surface area contributed by atoms with Gasteiger partial charge in [-0.25, -0.2) is 18.0 Å². The number of nitrogens with one attached hydrogen (secondary N) is 1. The highest BCUT2D eigenvalue weighted by atomic mass is 19.1. The molecule has 0 bridgehead atoms. The lowest BCUT2D eigenvalue weighted by Crippen LogP contribution is -2.10. The minimum atomic E-state index is -1.45. The second kappa shape index (κ2) is 7.19. The van der Waals surface area contributed by atoms with Gasteiger partial charge >= 0.3 is 6.09 Å². The summed E-state index contributed by atoms with van der Waals surface area (Å²) in [5.74, 6) is -1.13. The molecular formula is C10H10F3NO5. The number of hydrogen-bond donors (Lipinski definition) is 2. The van der Waals surface area contributed by atoms with E-state index in [1.54, 1.807) is 0 Å². The van der Waals surface area contributed by atoms with E-state index in [9.17, 15) is 18.0 Å². The van der Waals surface area contributed by atoms with E-state index in [4.69, 9.17) is 5.11 Å². The van der Waals surface area contributed by atoms with Crippen LogP contribution in [0.5, 0.6) is 17.2 Å². The highest BCUT2D eigenvalue weighted by Crippen LogP contribution is 2.43. The van der Waals surface area contributed by atoms with Crippen molar-refractivity contribution in [2.45, 2.75) is 0 Å². The molecule has 1 rings (SSSR count). The number of hydrogen-bond acceptors (Lipinski definition) is 4. The Morgan fingerprint density at radius 2 is 1.63 bits per heavy atom. The Labute approximate surface area is 105 Å². The van der Waals surface area contributed by atoms with Gasteiger partial charge in [0.05, 0.1) is 5.69 Å². The third kappa shape index (κ3) is 3.83. The second-order valence-corrected chi connectivity index (χ2v) is 2.96. The Morgan fingerprint density at radius 3 is 2.16 bits per heavy atom. The molecule has 2 N–H and O–H groups in total. The molecule has 0 aliphatic heterocycles. The van der Waals surface area contributed by atoms with Crippen LogP contribution in [0.15, 0.2) is 12.1 Å². The molecule has 1 aromatic carbocycles. The maximum atomic E-state index is 12.3. The van der Waals surface area contributed by atoms with Crippen LogP contribution in [0.1, 0.15) is 0 Å². The van der Waals surface area contributed by atoms with E-state index in [0.717, 1.165) is 12.1 Å². The Hall–Kier alpha value is -2.32. The van der Waals surface area contributed by atoms with Crippen molar-refractivity contribution in [3.8, 4) is 17.2 Å². The first-order valence-electron chi connectivity index (χ1n) is 4.87. The van der Waals surface area contributed by atoms with E-state index < -0.39 is 38.2 Å². The summed E-state index contributed by atoms with van der Waals surface area (Å²) < 4.78 is 50.2. The normalized spacial score (nSPS) is 9.84. The topological polar surface area (TPSA) is 77.0 Å². The standard InChI is InChI=1S/C10H10F3NO5/c11-3-17-7-2-1-6(14-10(15)16)8(18-4-12)9(7)19-5-13/h1-2,14H,3-5H2,(H,15,16). The predicted molar refractivity (Wildman–Crippen MR) is 57.9 cm³/mol. The number of halogens is 3. The van der Waals surface area contributed by atoms with Gasteiger partial charge in [0.25, 0.3) is 0 Å². The van der Waals surface area contributed by atoms with Gasteiger partial charge in [-0.3, -0.25) is 5.32 Å². The molecule has 0 aliphatic rings. The van der Waals surface area contributed by atoms with Crippen LogP contribution in [0, 0.1) is 0 Å². The Balaban J connectivity index is 3.25. The highest BCUT2D eigenvalue weighted by molar-refractivity contribution is 5.87. The number of amides is 1. The van der Waals surface area contributed by atoms with Crippen molar-refractivity contribution >= 4 is 11.8 Å². The van der Waals surface area contributed by atoms with E-state index in [0.29, 0.717) is 0 Å². The first-order valence-corrected chi connectivity index (χ1v) is 4.87. The summed E-state index contributed by atoms with van der Waals surface area (Å²) in [5.41, 5.74) is -0.195. The number of carboxylic acid groups (broad SMARTS) is 1. The summed E-state index contributed by atoms with van der Waals surface area (Å²) in [6.07, 6.45) is -1.45. The molecule has 0 spiro atoms. The van der Waals surface area contributed by atoms with Crippen molar-refractivity contribution in [1.82, 2.24) is 0 Å². The quantitative estimate of drug-likeness (QED) is 0.803. The van der Waals surface area contributed by atoms with Crippen molar-refractivity contribution in [2.75, 3.05) is 25.9 Å². The van der Waals surface area contributed by atoms with Crippen molar-refractivity contribution in [3.05, 3.63) is 12.1 Å². The van der Waals surface area contributed by atoms with Gasteiger partial charge in [-0.15, -0.1) is 0 Å². The number of rotatable bonds is 7. The molecule has 0 saturated carbocycles. The molecular weight excluding hydrogens is 271 g/mol. The monoisotopic (exact) mass is 281 g/mol. The van der Waals surface area contributed by atoms with Crippen LogP contribution in [0.2, 0.25) is 0 Å². The molecule has 19 heavy (non-hydrogen) atoms. The zero-order valence-corrected chi connectivity index (χ0v) is 9.49. The molecule has 0 aromatic heterocycles. The van der Waals surface area contributed by atoms with E-state index in [2.05, 4.69) is 14.2 Å². The first-order chi connectivity index (χ1) is 9.13. The Morgan fingerprint density at radius 1 is 1.05 bits per heavy atom. The summed E-state index contributed by atoms with van der Waals surface area (Å²) >= 11 is 0. The fraction of sp³-hybridized carbons (Fsp3) is 0.300. The zero-order chi connectivity index (χ0) is 14.3. The van der Waals surface area contributed by atoms with Gasteiger partial charge in [-0.1, -0.05) is 0 Å². The summed E-state index contributed by atoms with van der Waals surface area (Å²) in [5, 5.41) is 10.5. The molecule has 0 unspecified atom stereocenters. The predicted octanol–water partition coefficient (Wildman–Crippen LogP) is 2.69. The SMILES string of the molecule is O=C(O)Nc1ccc(OCF)c(OCF)c1OCF. The lowest BCUT2D eigenvalue weighted by Gasteiger charge is -2.16. The van der Waals surface area contributed by atoms with Crippen LogP contribution in [0.25, 0.3) is 0 Å². The van der Waals surface area contributed by atoms with Crippen molar-refractivity contribution in [2.24, 2.45) is 0 Å². The van der Waals surface area contributed by atoms with Crippen LogP contribution >= 0.6 is 0 Å². The van der Waals surface area contributed by atoms with Crippen LogP contribution in [-0.4, -0.2) is 31.8 Å². The van der Waals surface area contributed by atoms with Crippen LogP contribution in [0.4, 0.5) is 23.7 Å². The van der Waals surface area contributed by atoms with Gasteiger partial charge in [0.15, 0.2) is 11.5 Å². The number of ether oxygens (including phenoxy) is 3. The molecule has 1 amide bonds. The molecule has 0 aliphatic carbocycles. The van der Waals surface area contributed by atoms with Crippen molar-refractivity contribution in [3.63, 3.8) is 0 Å². The lowest BCUT2D eigenvalue weighted by atomic mass is 10.2. The Bertz CT molecular complexity index is 443. The Kier molecular flexibility index (Phi) is 5.58. The van der Waals surface area contributed by atoms with E-state index in [1.807, 2.05) is 5.32 Å². The molecule has 106 valence electrons. The summed E-state index contributed by atoms with van der Waals surface area (Å²) in [4.78, 5) is 10.5. The highest BCUT2D eigenvalue weighted by Gasteiger charge is 2.19. The molecule has 9 heteroatoms.